The number of hydrogen-bond donors (Lipinski definition) is 0. The third-order valence-corrected chi connectivity index (χ3v) is 10.3. The Balaban J connectivity index is 1.49. The molecular formula is C47H28N4. The summed E-state index contributed by atoms with van der Waals surface area (Å²) in [6.07, 6.45) is 0. The van der Waals surface area contributed by atoms with Gasteiger partial charge in [0, 0.05) is 38.2 Å². The van der Waals surface area contributed by atoms with Crippen LogP contribution in [-0.2, 0) is 0 Å². The average molecular weight is 649 g/mol. The van der Waals surface area contributed by atoms with Gasteiger partial charge in [-0.2, -0.15) is 0 Å². The van der Waals surface area contributed by atoms with E-state index >= 15 is 0 Å². The zero-order valence-corrected chi connectivity index (χ0v) is 27.5. The molecule has 0 radical (unpaired) electrons. The molecule has 0 aliphatic carbocycles. The third kappa shape index (κ3) is 4.30. The first kappa shape index (κ1) is 28.0. The lowest BCUT2D eigenvalue weighted by Crippen LogP contribution is -1.96. The van der Waals surface area contributed by atoms with Gasteiger partial charge in [-0.1, -0.05) is 115 Å². The van der Waals surface area contributed by atoms with Crippen molar-refractivity contribution < 1.29 is 0 Å². The van der Waals surface area contributed by atoms with Crippen molar-refractivity contribution in [3.8, 4) is 17.1 Å². The van der Waals surface area contributed by atoms with Gasteiger partial charge in [0.25, 0.3) is 0 Å². The standard InChI is InChI=1S/C47H28N4/c1-3-13-29(14-4-1)45-48-46-41-25-32-17-9-7-15-30(32)23-37(41)34-27-39-36-21-11-12-22-43(36)51(35-19-5-2-6-20-35)44(39)40(28-34)38-24-31-16-8-10-18-33(31)26-42(38)47(49-45)50-46/h1-28H. The van der Waals surface area contributed by atoms with Crippen molar-refractivity contribution in [2.24, 2.45) is 0 Å². The van der Waals surface area contributed by atoms with E-state index in [0.717, 1.165) is 70.8 Å². The van der Waals surface area contributed by atoms with E-state index in [1.54, 1.807) is 0 Å². The van der Waals surface area contributed by atoms with Crippen molar-refractivity contribution >= 4 is 87.0 Å². The highest BCUT2D eigenvalue weighted by atomic mass is 15.0. The summed E-state index contributed by atoms with van der Waals surface area (Å²) in [4.78, 5) is 15.8. The van der Waals surface area contributed by atoms with Crippen LogP contribution in [0.15, 0.2) is 170 Å². The Labute approximate surface area is 292 Å². The van der Waals surface area contributed by atoms with Crippen molar-refractivity contribution in [1.82, 2.24) is 19.5 Å². The van der Waals surface area contributed by atoms with Gasteiger partial charge < -0.3 is 4.57 Å². The molecule has 236 valence electrons. The van der Waals surface area contributed by atoms with E-state index in [2.05, 4.69) is 156 Å². The number of nitrogens with zero attached hydrogens (tertiary/aromatic N) is 4. The molecule has 4 heteroatoms. The molecular weight excluding hydrogens is 621 g/mol. The van der Waals surface area contributed by atoms with Gasteiger partial charge in [-0.25, -0.2) is 15.0 Å². The monoisotopic (exact) mass is 648 g/mol. The van der Waals surface area contributed by atoms with Gasteiger partial charge in [-0.15, -0.1) is 0 Å². The Morgan fingerprint density at radius 3 is 1.45 bits per heavy atom. The predicted octanol–water partition coefficient (Wildman–Crippen LogP) is 12.1. The first-order chi connectivity index (χ1) is 25.3. The SMILES string of the molecule is c1ccc(-c2nc3nc(n2)c2cc4ccccc4cc2c2cc(cc4c5ccccc5n(-c5ccccc5)c24)c2cc4ccccc4cc32)cc1. The highest BCUT2D eigenvalue weighted by Crippen LogP contribution is 2.41. The highest BCUT2D eigenvalue weighted by molar-refractivity contribution is 6.26. The summed E-state index contributed by atoms with van der Waals surface area (Å²) in [6.45, 7) is 0. The van der Waals surface area contributed by atoms with Crippen LogP contribution in [0.3, 0.4) is 0 Å². The Hall–Kier alpha value is -6.91. The number of hydrogen-bond acceptors (Lipinski definition) is 3. The Morgan fingerprint density at radius 2 is 0.804 bits per heavy atom. The van der Waals surface area contributed by atoms with Crippen molar-refractivity contribution in [2.45, 2.75) is 0 Å². The fraction of sp³-hybridized carbons (Fsp3) is 0. The second kappa shape index (κ2) is 10.8. The van der Waals surface area contributed by atoms with Gasteiger partial charge in [0.2, 0.25) is 0 Å². The molecule has 0 aliphatic heterocycles. The lowest BCUT2D eigenvalue weighted by molar-refractivity contribution is 1.18. The summed E-state index contributed by atoms with van der Waals surface area (Å²) in [5.74, 6) is 0.654. The van der Waals surface area contributed by atoms with Crippen LogP contribution >= 0.6 is 0 Å². The zero-order chi connectivity index (χ0) is 33.5. The molecule has 0 unspecified atom stereocenters. The largest absolute Gasteiger partial charge is 0.309 e. The van der Waals surface area contributed by atoms with Crippen molar-refractivity contribution in [3.63, 3.8) is 0 Å². The van der Waals surface area contributed by atoms with Gasteiger partial charge in [0.05, 0.1) is 11.0 Å². The van der Waals surface area contributed by atoms with Crippen LogP contribution in [0.2, 0.25) is 0 Å². The number of rotatable bonds is 2. The third-order valence-electron chi connectivity index (χ3n) is 10.3. The van der Waals surface area contributed by atoms with Crippen LogP contribution in [0.1, 0.15) is 0 Å². The second-order valence-corrected chi connectivity index (χ2v) is 13.3. The van der Waals surface area contributed by atoms with E-state index in [9.17, 15) is 0 Å². The van der Waals surface area contributed by atoms with E-state index in [4.69, 9.17) is 15.0 Å². The molecule has 0 amide bonds. The van der Waals surface area contributed by atoms with Gasteiger partial charge in [-0.3, -0.25) is 0 Å². The molecule has 0 spiro atoms. The van der Waals surface area contributed by atoms with Crippen LogP contribution in [0.4, 0.5) is 0 Å². The molecule has 0 atom stereocenters. The topological polar surface area (TPSA) is 43.6 Å². The fourth-order valence-electron chi connectivity index (χ4n) is 7.95. The summed E-state index contributed by atoms with van der Waals surface area (Å²) in [5, 5.41) is 13.4. The number of aromatic nitrogens is 4. The summed E-state index contributed by atoms with van der Waals surface area (Å²) < 4.78 is 2.42. The van der Waals surface area contributed by atoms with Crippen LogP contribution in [0.25, 0.3) is 104 Å². The first-order valence-corrected chi connectivity index (χ1v) is 17.3. The number of benzene rings is 8. The maximum atomic E-state index is 5.34. The zero-order valence-electron chi connectivity index (χ0n) is 27.5. The normalized spacial score (nSPS) is 11.9. The van der Waals surface area contributed by atoms with E-state index < -0.39 is 0 Å². The summed E-state index contributed by atoms with van der Waals surface area (Å²) in [6, 6.07) is 60.7. The Bertz CT molecular complexity index is 3240. The molecule has 0 aliphatic rings. The highest BCUT2D eigenvalue weighted by Gasteiger charge is 2.18. The molecule has 51 heavy (non-hydrogen) atoms. The molecule has 4 nitrogen and oxygen atoms in total. The predicted molar refractivity (Wildman–Crippen MR) is 213 cm³/mol. The fourth-order valence-corrected chi connectivity index (χ4v) is 7.95. The molecule has 0 saturated heterocycles. The van der Waals surface area contributed by atoms with E-state index in [0.29, 0.717) is 17.1 Å². The van der Waals surface area contributed by atoms with E-state index in [1.807, 2.05) is 18.2 Å². The Kier molecular flexibility index (Phi) is 5.92. The van der Waals surface area contributed by atoms with Crippen LogP contribution < -0.4 is 0 Å². The maximum Gasteiger partial charge on any atom is 0.164 e. The smallest absolute Gasteiger partial charge is 0.164 e. The van der Waals surface area contributed by atoms with Gasteiger partial charge in [0.1, 0.15) is 0 Å². The molecule has 0 saturated carbocycles. The average Bonchev–Trinajstić information content (AvgIpc) is 3.54. The molecule has 8 aromatic carbocycles. The van der Waals surface area contributed by atoms with Gasteiger partial charge in [0.15, 0.2) is 17.1 Å². The minimum Gasteiger partial charge on any atom is -0.309 e. The second-order valence-electron chi connectivity index (χ2n) is 13.3. The van der Waals surface area contributed by atoms with Crippen LogP contribution in [0.5, 0.6) is 0 Å². The number of para-hydroxylation sites is 2. The molecule has 11 aromatic rings. The molecule has 0 fully saturated rings. The van der Waals surface area contributed by atoms with Crippen molar-refractivity contribution in [2.75, 3.05) is 0 Å². The maximum absolute atomic E-state index is 5.34. The molecule has 11 rings (SSSR count). The molecule has 3 aromatic heterocycles. The van der Waals surface area contributed by atoms with Gasteiger partial charge >= 0.3 is 0 Å². The number of fused-ring (bicyclic) bond motifs is 16. The van der Waals surface area contributed by atoms with Crippen LogP contribution in [0, 0.1) is 0 Å². The lowest BCUT2D eigenvalue weighted by Gasteiger charge is -2.12. The summed E-state index contributed by atoms with van der Waals surface area (Å²) >= 11 is 0. The van der Waals surface area contributed by atoms with Gasteiger partial charge in [-0.05, 0) is 92.3 Å². The van der Waals surface area contributed by atoms with Crippen molar-refractivity contribution in [3.05, 3.63) is 170 Å². The summed E-state index contributed by atoms with van der Waals surface area (Å²) in [7, 11) is 0. The molecule has 4 bridgehead atoms. The minimum atomic E-state index is 0.654. The van der Waals surface area contributed by atoms with E-state index in [1.165, 1.54) is 16.2 Å². The first-order valence-electron chi connectivity index (χ1n) is 17.3. The van der Waals surface area contributed by atoms with E-state index in [-0.39, 0.29) is 0 Å². The molecule has 0 N–H and O–H groups in total. The van der Waals surface area contributed by atoms with Crippen LogP contribution in [-0.4, -0.2) is 19.5 Å². The summed E-state index contributed by atoms with van der Waals surface area (Å²) in [5.41, 5.74) is 5.71. The molecule has 3 heterocycles. The minimum absolute atomic E-state index is 0.654. The van der Waals surface area contributed by atoms with Crippen molar-refractivity contribution in [1.29, 1.82) is 0 Å². The Morgan fingerprint density at radius 1 is 0.333 bits per heavy atom. The lowest BCUT2D eigenvalue weighted by atomic mass is 9.97. The quantitative estimate of drug-likeness (QED) is 0.187.